The molecule has 1 saturated heterocycles. The molecule has 0 unspecified atom stereocenters. The molecule has 2 aliphatic rings. The number of nitrogens with zero attached hydrogens (tertiary/aromatic N) is 5. The number of allylic oxidation sites excluding steroid dienone is 2. The Kier molecular flexibility index (Phi) is 8.21. The van der Waals surface area contributed by atoms with Crippen molar-refractivity contribution in [3.63, 3.8) is 0 Å². The number of nitrogens with one attached hydrogen (secondary N) is 2. The number of carbonyl (C=O) groups is 1. The molecule has 206 valence electrons. The Labute approximate surface area is 235 Å². The van der Waals surface area contributed by atoms with Crippen LogP contribution in [0.3, 0.4) is 0 Å². The van der Waals surface area contributed by atoms with Crippen LogP contribution in [0.25, 0.3) is 10.9 Å². The standard InChI is InChI=1S/C31H35N7O2/c1-21-16-24(8-10-29(21)40-26-6-5-13-38(4)20-34-22(2)17-26)35-30-27-18-25(7-9-28(27)32-19-33-30)36-31(39)23-11-14-37(3)15-12-23/h5-10,16-20,23H,2,11-15H2,1,3-4H3,(H,36,39)(H,32,33,35)/b6-5-,26-17+,34-20-. The number of hydrogen-bond donors (Lipinski definition) is 2. The minimum absolute atomic E-state index is 0.0329. The molecule has 0 atom stereocenters. The maximum Gasteiger partial charge on any atom is 0.227 e. The van der Waals surface area contributed by atoms with Gasteiger partial charge in [-0.2, -0.15) is 0 Å². The molecule has 2 N–H and O–H groups in total. The lowest BCUT2D eigenvalue weighted by atomic mass is 9.96. The van der Waals surface area contributed by atoms with Crippen molar-refractivity contribution in [3.05, 3.63) is 84.6 Å². The predicted molar refractivity (Wildman–Crippen MR) is 161 cm³/mol. The molecule has 0 radical (unpaired) electrons. The Morgan fingerprint density at radius 3 is 2.67 bits per heavy atom. The van der Waals surface area contributed by atoms with Crippen LogP contribution in [0.15, 0.2) is 84.0 Å². The topological polar surface area (TPSA) is 95.0 Å². The van der Waals surface area contributed by atoms with E-state index in [0.717, 1.165) is 66.1 Å². The van der Waals surface area contributed by atoms with Gasteiger partial charge in [-0.3, -0.25) is 4.79 Å². The Bertz CT molecular complexity index is 1500. The molecule has 1 amide bonds. The number of aryl methyl sites for hydroxylation is 1. The average Bonchev–Trinajstić information content (AvgIpc) is 3.01. The fourth-order valence-electron chi connectivity index (χ4n) is 4.72. The summed E-state index contributed by atoms with van der Waals surface area (Å²) in [5.74, 6) is 2.16. The maximum absolute atomic E-state index is 12.9. The second-order valence-electron chi connectivity index (χ2n) is 10.4. The first-order chi connectivity index (χ1) is 19.3. The normalized spacial score (nSPS) is 19.6. The minimum Gasteiger partial charge on any atom is -0.457 e. The number of likely N-dealkylation sites (N-methyl/N-ethyl adjacent to an activating group) is 1. The van der Waals surface area contributed by atoms with Gasteiger partial charge in [-0.15, -0.1) is 0 Å². The van der Waals surface area contributed by atoms with E-state index in [1.807, 2.05) is 73.5 Å². The number of aromatic nitrogens is 2. The molecule has 2 aromatic carbocycles. The van der Waals surface area contributed by atoms with Crippen molar-refractivity contribution in [3.8, 4) is 5.75 Å². The van der Waals surface area contributed by atoms with Gasteiger partial charge in [-0.1, -0.05) is 12.7 Å². The van der Waals surface area contributed by atoms with E-state index in [4.69, 9.17) is 4.74 Å². The van der Waals surface area contributed by atoms with E-state index in [0.29, 0.717) is 17.3 Å². The first-order valence-electron chi connectivity index (χ1n) is 13.5. The Hall–Kier alpha value is -4.50. The van der Waals surface area contributed by atoms with Crippen LogP contribution < -0.4 is 15.4 Å². The molecule has 3 aromatic rings. The molecule has 1 aromatic heterocycles. The summed E-state index contributed by atoms with van der Waals surface area (Å²) in [5, 5.41) is 7.34. The zero-order valence-electron chi connectivity index (χ0n) is 23.2. The number of amides is 1. The van der Waals surface area contributed by atoms with Gasteiger partial charge in [0.05, 0.1) is 17.6 Å². The van der Waals surface area contributed by atoms with E-state index in [9.17, 15) is 4.79 Å². The highest BCUT2D eigenvalue weighted by Crippen LogP contribution is 2.30. The molecule has 2 aliphatic heterocycles. The van der Waals surface area contributed by atoms with E-state index < -0.39 is 0 Å². The lowest BCUT2D eigenvalue weighted by Crippen LogP contribution is -2.35. The molecule has 3 heterocycles. The number of carbonyl (C=O) groups excluding carboxylic acids is 1. The second kappa shape index (κ2) is 12.1. The highest BCUT2D eigenvalue weighted by Gasteiger charge is 2.23. The van der Waals surface area contributed by atoms with Crippen molar-refractivity contribution in [2.45, 2.75) is 19.8 Å². The fourth-order valence-corrected chi connectivity index (χ4v) is 4.72. The van der Waals surface area contributed by atoms with Crippen LogP contribution in [0.5, 0.6) is 5.75 Å². The van der Waals surface area contributed by atoms with Gasteiger partial charge in [0.15, 0.2) is 0 Å². The van der Waals surface area contributed by atoms with Crippen molar-refractivity contribution in [1.29, 1.82) is 0 Å². The molecule has 9 nitrogen and oxygen atoms in total. The smallest absolute Gasteiger partial charge is 0.227 e. The average molecular weight is 538 g/mol. The predicted octanol–water partition coefficient (Wildman–Crippen LogP) is 5.27. The summed E-state index contributed by atoms with van der Waals surface area (Å²) >= 11 is 0. The Balaban J connectivity index is 1.31. The molecule has 40 heavy (non-hydrogen) atoms. The minimum atomic E-state index is 0.0329. The van der Waals surface area contributed by atoms with Gasteiger partial charge in [0.2, 0.25) is 5.91 Å². The van der Waals surface area contributed by atoms with Crippen molar-refractivity contribution in [2.75, 3.05) is 44.4 Å². The molecule has 1 fully saturated rings. The van der Waals surface area contributed by atoms with Crippen molar-refractivity contribution >= 4 is 40.3 Å². The summed E-state index contributed by atoms with van der Waals surface area (Å²) in [4.78, 5) is 30.3. The largest absolute Gasteiger partial charge is 0.457 e. The summed E-state index contributed by atoms with van der Waals surface area (Å²) in [6.45, 7) is 8.57. The van der Waals surface area contributed by atoms with E-state index >= 15 is 0 Å². The highest BCUT2D eigenvalue weighted by molar-refractivity contribution is 5.98. The van der Waals surface area contributed by atoms with Gasteiger partial charge in [-0.05, 0) is 87.9 Å². The number of piperidine rings is 1. The van der Waals surface area contributed by atoms with E-state index in [1.54, 1.807) is 6.34 Å². The van der Waals surface area contributed by atoms with Gasteiger partial charge in [0.25, 0.3) is 0 Å². The Morgan fingerprint density at radius 1 is 1.07 bits per heavy atom. The summed E-state index contributed by atoms with van der Waals surface area (Å²) in [6, 6.07) is 11.6. The molecule has 0 bridgehead atoms. The lowest BCUT2D eigenvalue weighted by molar-refractivity contribution is -0.121. The summed E-state index contributed by atoms with van der Waals surface area (Å²) in [5.41, 5.74) is 3.96. The quantitative estimate of drug-likeness (QED) is 0.442. The van der Waals surface area contributed by atoms with E-state index in [1.165, 1.54) is 6.33 Å². The molecular weight excluding hydrogens is 502 g/mol. The third-order valence-electron chi connectivity index (χ3n) is 7.06. The summed E-state index contributed by atoms with van der Waals surface area (Å²) in [7, 11) is 4.05. The number of aliphatic imine (C=N–C) groups is 1. The molecular formula is C31H35N7O2. The highest BCUT2D eigenvalue weighted by atomic mass is 16.5. The van der Waals surface area contributed by atoms with Crippen LogP contribution in [0.2, 0.25) is 0 Å². The van der Waals surface area contributed by atoms with Gasteiger partial charge < -0.3 is 25.2 Å². The van der Waals surface area contributed by atoms with Gasteiger partial charge >= 0.3 is 0 Å². The van der Waals surface area contributed by atoms with Crippen LogP contribution in [-0.2, 0) is 4.79 Å². The lowest BCUT2D eigenvalue weighted by Gasteiger charge is -2.28. The van der Waals surface area contributed by atoms with Gasteiger partial charge in [0.1, 0.15) is 23.7 Å². The summed E-state index contributed by atoms with van der Waals surface area (Å²) < 4.78 is 6.19. The monoisotopic (exact) mass is 537 g/mol. The third kappa shape index (κ3) is 6.73. The van der Waals surface area contributed by atoms with Crippen LogP contribution in [0.4, 0.5) is 17.2 Å². The first kappa shape index (κ1) is 27.1. The number of hydrogen-bond acceptors (Lipinski definition) is 8. The molecule has 0 saturated carbocycles. The number of anilines is 3. The number of rotatable bonds is 6. The maximum atomic E-state index is 12.9. The van der Waals surface area contributed by atoms with Gasteiger partial charge in [-0.25, -0.2) is 15.0 Å². The van der Waals surface area contributed by atoms with Gasteiger partial charge in [0, 0.05) is 42.3 Å². The third-order valence-corrected chi connectivity index (χ3v) is 7.06. The zero-order valence-corrected chi connectivity index (χ0v) is 23.2. The molecule has 0 aliphatic carbocycles. The second-order valence-corrected chi connectivity index (χ2v) is 10.4. The first-order valence-corrected chi connectivity index (χ1v) is 13.5. The summed E-state index contributed by atoms with van der Waals surface area (Å²) in [6.07, 6.45) is 10.8. The van der Waals surface area contributed by atoms with Crippen molar-refractivity contribution in [2.24, 2.45) is 10.9 Å². The molecule has 0 spiro atoms. The van der Waals surface area contributed by atoms with Crippen molar-refractivity contribution < 1.29 is 9.53 Å². The van der Waals surface area contributed by atoms with Crippen LogP contribution >= 0.6 is 0 Å². The molecule has 5 rings (SSSR count). The zero-order chi connectivity index (χ0) is 28.1. The SMILES string of the molecule is C=C1/C=C(Oc2ccc(Nc3ncnc4ccc(NC(=O)C5CCN(C)CC5)cc34)cc2C)\C=C/CN(C)/C=N\1. The van der Waals surface area contributed by atoms with Crippen LogP contribution in [-0.4, -0.2) is 65.7 Å². The van der Waals surface area contributed by atoms with Crippen molar-refractivity contribution in [1.82, 2.24) is 19.8 Å². The number of benzene rings is 2. The molecule has 9 heteroatoms. The van der Waals surface area contributed by atoms with E-state index in [-0.39, 0.29) is 11.8 Å². The van der Waals surface area contributed by atoms with Crippen LogP contribution in [0.1, 0.15) is 18.4 Å². The number of fused-ring (bicyclic) bond motifs is 1. The Morgan fingerprint density at radius 2 is 1.88 bits per heavy atom. The fraction of sp³-hybridized carbons (Fsp3) is 0.290. The number of likely N-dealkylation sites (tertiary alicyclic amines) is 1. The van der Waals surface area contributed by atoms with Crippen LogP contribution in [0, 0.1) is 12.8 Å². The number of ether oxygens (including phenoxy) is 1. The van der Waals surface area contributed by atoms with E-state index in [2.05, 4.69) is 44.1 Å².